The van der Waals surface area contributed by atoms with Gasteiger partial charge in [0.25, 0.3) is 5.56 Å². The number of ketones is 1. The number of halogens is 2. The van der Waals surface area contributed by atoms with Crippen LogP contribution in [-0.2, 0) is 21.6 Å². The van der Waals surface area contributed by atoms with E-state index in [-0.39, 0.29) is 21.5 Å². The first kappa shape index (κ1) is 26.8. The van der Waals surface area contributed by atoms with Gasteiger partial charge in [0, 0.05) is 0 Å². The van der Waals surface area contributed by atoms with E-state index in [2.05, 4.69) is 15.9 Å². The van der Waals surface area contributed by atoms with Gasteiger partial charge < -0.3 is 9.47 Å². The Morgan fingerprint density at radius 3 is 2.34 bits per heavy atom. The minimum absolute atomic E-state index is 0.0518. The van der Waals surface area contributed by atoms with Crippen LogP contribution in [0.1, 0.15) is 50.5 Å². The van der Waals surface area contributed by atoms with Gasteiger partial charge in [-0.3, -0.25) is 14.2 Å². The number of fused-ring (bicyclic) bond motifs is 1. The van der Waals surface area contributed by atoms with E-state index in [4.69, 9.17) is 9.47 Å². The molecule has 0 bridgehead atoms. The Morgan fingerprint density at radius 1 is 1.14 bits per heavy atom. The molecule has 2 heterocycles. The zero-order valence-electron chi connectivity index (χ0n) is 20.4. The van der Waals surface area contributed by atoms with Gasteiger partial charge in [-0.2, -0.15) is 0 Å². The fourth-order valence-electron chi connectivity index (χ4n) is 3.57. The number of carbonyl (C=O) groups is 2. The summed E-state index contributed by atoms with van der Waals surface area (Å²) in [5, 5.41) is 0.192. The van der Waals surface area contributed by atoms with Crippen molar-refractivity contribution in [3.05, 3.63) is 59.8 Å². The molecule has 0 saturated heterocycles. The van der Waals surface area contributed by atoms with Crippen molar-refractivity contribution in [3.8, 4) is 5.75 Å². The van der Waals surface area contributed by atoms with E-state index < -0.39 is 46.5 Å². The number of nitrogens with zero attached hydrogens (tertiary/aromatic N) is 2. The van der Waals surface area contributed by atoms with Crippen LogP contribution < -0.4 is 16.0 Å². The molecule has 11 heteroatoms. The predicted octanol–water partition coefficient (Wildman–Crippen LogP) is 4.40. The summed E-state index contributed by atoms with van der Waals surface area (Å²) in [5.41, 5.74) is -3.56. The van der Waals surface area contributed by atoms with E-state index >= 15 is 0 Å². The summed E-state index contributed by atoms with van der Waals surface area (Å²) in [5.74, 6) is -1.88. The third kappa shape index (κ3) is 4.97. The number of aryl methyl sites for hydroxylation is 1. The molecule has 3 rings (SSSR count). The Hall–Kier alpha value is -2.79. The minimum Gasteiger partial charge on any atom is -0.496 e. The van der Waals surface area contributed by atoms with Crippen molar-refractivity contribution in [1.29, 1.82) is 0 Å². The summed E-state index contributed by atoms with van der Waals surface area (Å²) in [4.78, 5) is 53.7. The lowest BCUT2D eigenvalue weighted by molar-refractivity contribution is -0.164. The fourth-order valence-corrected chi connectivity index (χ4v) is 5.25. The number of methoxy groups -OCH3 is 1. The van der Waals surface area contributed by atoms with Gasteiger partial charge in [-0.1, -0.05) is 0 Å². The second-order valence-electron chi connectivity index (χ2n) is 9.52. The van der Waals surface area contributed by atoms with Gasteiger partial charge in [0.15, 0.2) is 5.78 Å². The third-order valence-electron chi connectivity index (χ3n) is 5.38. The van der Waals surface area contributed by atoms with Crippen molar-refractivity contribution in [2.45, 2.75) is 59.2 Å². The number of hydrogen-bond acceptors (Lipinski definition) is 7. The number of carbonyl (C=O) groups excluding carboxylic acids is 2. The van der Waals surface area contributed by atoms with Crippen LogP contribution in [0.25, 0.3) is 10.2 Å². The zero-order chi connectivity index (χ0) is 26.5. The molecular weight excluding hydrogens is 543 g/mol. The van der Waals surface area contributed by atoms with Crippen LogP contribution in [0.5, 0.6) is 5.75 Å². The van der Waals surface area contributed by atoms with Crippen molar-refractivity contribution in [3.63, 3.8) is 0 Å². The van der Waals surface area contributed by atoms with E-state index in [1.807, 2.05) is 0 Å². The predicted molar refractivity (Wildman–Crippen MR) is 135 cm³/mol. The van der Waals surface area contributed by atoms with E-state index in [1.54, 1.807) is 27.7 Å². The molecule has 2 aromatic heterocycles. The van der Waals surface area contributed by atoms with Crippen LogP contribution >= 0.6 is 27.3 Å². The van der Waals surface area contributed by atoms with Crippen LogP contribution in [0.4, 0.5) is 4.39 Å². The number of hydrogen-bond donors (Lipinski definition) is 0. The average molecular weight is 569 g/mol. The van der Waals surface area contributed by atoms with Crippen LogP contribution in [-0.4, -0.2) is 33.6 Å². The van der Waals surface area contributed by atoms with Crippen molar-refractivity contribution in [1.82, 2.24) is 9.13 Å². The second kappa shape index (κ2) is 9.34. The molecular formula is C24H26BrFN2O6S. The summed E-state index contributed by atoms with van der Waals surface area (Å²) in [6, 6.07) is 3.50. The van der Waals surface area contributed by atoms with Crippen LogP contribution in [0.3, 0.4) is 0 Å². The first-order valence-electron chi connectivity index (χ1n) is 10.6. The first-order valence-corrected chi connectivity index (χ1v) is 12.3. The molecule has 1 aromatic carbocycles. The normalized spacial score (nSPS) is 12.1. The van der Waals surface area contributed by atoms with E-state index in [0.29, 0.717) is 9.35 Å². The molecule has 0 atom stereocenters. The molecule has 0 radical (unpaired) electrons. The molecule has 0 aliphatic rings. The summed E-state index contributed by atoms with van der Waals surface area (Å²) < 4.78 is 27.1. The average Bonchev–Trinajstić information content (AvgIpc) is 3.04. The SMILES string of the molecule is COc1ccc(F)cc1C(=O)Cn1c(=O)n(C(C)(C)C(=O)OC(C)(C)C)c(=O)c2c(C)c(Br)sc21. The van der Waals surface area contributed by atoms with Crippen molar-refractivity contribution < 1.29 is 23.5 Å². The van der Waals surface area contributed by atoms with Gasteiger partial charge in [0.05, 0.1) is 28.4 Å². The molecule has 3 aromatic rings. The van der Waals surface area contributed by atoms with Gasteiger partial charge in [0.2, 0.25) is 0 Å². The van der Waals surface area contributed by atoms with Crippen molar-refractivity contribution in [2.24, 2.45) is 0 Å². The molecule has 35 heavy (non-hydrogen) atoms. The molecule has 0 N–H and O–H groups in total. The molecule has 8 nitrogen and oxygen atoms in total. The van der Waals surface area contributed by atoms with E-state index in [9.17, 15) is 23.6 Å². The topological polar surface area (TPSA) is 96.6 Å². The maximum absolute atomic E-state index is 13.9. The fraction of sp³-hybridized carbons (Fsp3) is 0.417. The lowest BCUT2D eigenvalue weighted by atomic mass is 10.0. The molecule has 188 valence electrons. The van der Waals surface area contributed by atoms with Crippen LogP contribution in [0, 0.1) is 12.7 Å². The molecule has 0 aliphatic heterocycles. The van der Waals surface area contributed by atoms with Crippen molar-refractivity contribution >= 4 is 49.2 Å². The van der Waals surface area contributed by atoms with Crippen LogP contribution in [0.15, 0.2) is 31.6 Å². The highest BCUT2D eigenvalue weighted by molar-refractivity contribution is 9.11. The Labute approximate surface area is 213 Å². The largest absolute Gasteiger partial charge is 0.496 e. The molecule has 0 spiro atoms. The quantitative estimate of drug-likeness (QED) is 0.323. The smallest absolute Gasteiger partial charge is 0.333 e. The maximum atomic E-state index is 13.9. The van der Waals surface area contributed by atoms with Gasteiger partial charge in [-0.15, -0.1) is 11.3 Å². The van der Waals surface area contributed by atoms with Gasteiger partial charge >= 0.3 is 11.7 Å². The highest BCUT2D eigenvalue weighted by Crippen LogP contribution is 2.33. The zero-order valence-corrected chi connectivity index (χ0v) is 22.8. The molecule has 0 fully saturated rings. The van der Waals surface area contributed by atoms with E-state index in [0.717, 1.165) is 32.6 Å². The highest BCUT2D eigenvalue weighted by Gasteiger charge is 2.38. The standard InChI is InChI=1S/C24H26BrFN2O6S/c1-12-17-19(30)28(24(5,6)21(31)34-23(2,3)4)22(32)27(20(17)35-18(12)25)11-15(29)14-10-13(26)8-9-16(14)33-7/h8-10H,11H2,1-7H3. The summed E-state index contributed by atoms with van der Waals surface area (Å²) in [7, 11) is 1.34. The monoisotopic (exact) mass is 568 g/mol. The van der Waals surface area contributed by atoms with E-state index in [1.165, 1.54) is 27.0 Å². The van der Waals surface area contributed by atoms with Gasteiger partial charge in [-0.05, 0) is 81.2 Å². The molecule has 0 amide bonds. The number of Topliss-reactive ketones (excluding diaryl/α,β-unsaturated/α-hetero) is 1. The summed E-state index contributed by atoms with van der Waals surface area (Å²) in [6.07, 6.45) is 0. The van der Waals surface area contributed by atoms with Crippen LogP contribution in [0.2, 0.25) is 0 Å². The molecule has 0 saturated carbocycles. The number of benzene rings is 1. The third-order valence-corrected chi connectivity index (χ3v) is 7.56. The lowest BCUT2D eigenvalue weighted by Crippen LogP contribution is -2.54. The second-order valence-corrected chi connectivity index (χ2v) is 11.8. The number of aromatic nitrogens is 2. The highest BCUT2D eigenvalue weighted by atomic mass is 79.9. The van der Waals surface area contributed by atoms with Gasteiger partial charge in [0.1, 0.15) is 27.5 Å². The number of ether oxygens (including phenoxy) is 2. The Morgan fingerprint density at radius 2 is 1.77 bits per heavy atom. The van der Waals surface area contributed by atoms with Gasteiger partial charge in [-0.25, -0.2) is 18.5 Å². The summed E-state index contributed by atoms with van der Waals surface area (Å²) >= 11 is 4.51. The minimum atomic E-state index is -1.68. The molecule has 0 aliphatic carbocycles. The number of esters is 1. The first-order chi connectivity index (χ1) is 16.1. The van der Waals surface area contributed by atoms with Crippen molar-refractivity contribution in [2.75, 3.05) is 7.11 Å². The summed E-state index contributed by atoms with van der Waals surface area (Å²) in [6.45, 7) is 9.04. The number of rotatable bonds is 6. The molecule has 0 unspecified atom stereocenters. The number of thiophene rings is 1. The Kier molecular flexibility index (Phi) is 7.16. The Balaban J connectivity index is 2.29. The lowest BCUT2D eigenvalue weighted by Gasteiger charge is -2.30. The Bertz CT molecular complexity index is 1460. The maximum Gasteiger partial charge on any atom is 0.333 e.